The maximum atomic E-state index is 13.3. The number of rotatable bonds is 8. The number of carbonyl (C=O) groups excluding carboxylic acids is 1. The Labute approximate surface area is 189 Å². The van der Waals surface area contributed by atoms with Gasteiger partial charge in [0.05, 0.1) is 6.04 Å². The van der Waals surface area contributed by atoms with Gasteiger partial charge in [0, 0.05) is 36.7 Å². The summed E-state index contributed by atoms with van der Waals surface area (Å²) in [6.07, 6.45) is 11.5. The van der Waals surface area contributed by atoms with Crippen LogP contribution in [0, 0.1) is 17.8 Å². The molecule has 1 N–H and O–H groups in total. The molecule has 2 aliphatic rings. The Morgan fingerprint density at radius 1 is 1.10 bits per heavy atom. The molecule has 1 aliphatic heterocycles. The summed E-state index contributed by atoms with van der Waals surface area (Å²) in [5.41, 5.74) is 1.10. The molecule has 4 unspecified atom stereocenters. The fourth-order valence-electron chi connectivity index (χ4n) is 5.57. The summed E-state index contributed by atoms with van der Waals surface area (Å²) in [5, 5.41) is 3.49. The molecule has 2 heterocycles. The molecule has 1 aliphatic carbocycles. The Kier molecular flexibility index (Phi) is 8.74. The van der Waals surface area contributed by atoms with Crippen LogP contribution in [-0.4, -0.2) is 34.5 Å². The fraction of sp³-hybridized carbons (Fsp3) is 0.808. The summed E-state index contributed by atoms with van der Waals surface area (Å²) in [5.74, 6) is 3.57. The van der Waals surface area contributed by atoms with E-state index in [2.05, 4.69) is 55.9 Å². The van der Waals surface area contributed by atoms with Crippen LogP contribution in [0.15, 0.2) is 6.07 Å². The van der Waals surface area contributed by atoms with Crippen LogP contribution >= 0.6 is 0 Å². The van der Waals surface area contributed by atoms with Crippen LogP contribution in [0.2, 0.25) is 0 Å². The molecule has 1 aromatic heterocycles. The van der Waals surface area contributed by atoms with Gasteiger partial charge in [0.15, 0.2) is 0 Å². The molecular formula is C26H44N4O. The number of nitrogens with one attached hydrogen (secondary N) is 1. The number of piperidine rings is 1. The molecule has 31 heavy (non-hydrogen) atoms. The highest BCUT2D eigenvalue weighted by atomic mass is 16.2. The van der Waals surface area contributed by atoms with Crippen molar-refractivity contribution in [3.63, 3.8) is 0 Å². The van der Waals surface area contributed by atoms with Crippen molar-refractivity contribution in [1.29, 1.82) is 0 Å². The molecule has 5 heteroatoms. The molecule has 4 atom stereocenters. The number of anilines is 1. The van der Waals surface area contributed by atoms with Gasteiger partial charge in [0.25, 0.3) is 0 Å². The second-order valence-electron chi connectivity index (χ2n) is 9.92. The topological polar surface area (TPSA) is 58.1 Å². The van der Waals surface area contributed by atoms with Crippen LogP contribution in [0.3, 0.4) is 0 Å². The van der Waals surface area contributed by atoms with Gasteiger partial charge in [-0.1, -0.05) is 59.8 Å². The molecule has 1 saturated heterocycles. The van der Waals surface area contributed by atoms with E-state index in [4.69, 9.17) is 4.98 Å². The maximum Gasteiger partial charge on any atom is 0.223 e. The van der Waals surface area contributed by atoms with Crippen molar-refractivity contribution >= 4 is 11.7 Å². The molecule has 3 rings (SSSR count). The Hall–Kier alpha value is -1.65. The average Bonchev–Trinajstić information content (AvgIpc) is 2.80. The lowest BCUT2D eigenvalue weighted by Gasteiger charge is -2.44. The molecule has 1 saturated carbocycles. The zero-order valence-electron chi connectivity index (χ0n) is 20.5. The maximum absolute atomic E-state index is 13.3. The summed E-state index contributed by atoms with van der Waals surface area (Å²) in [7, 11) is 0. The third kappa shape index (κ3) is 5.98. The molecule has 5 nitrogen and oxygen atoms in total. The van der Waals surface area contributed by atoms with Crippen LogP contribution in [0.4, 0.5) is 5.82 Å². The molecular weight excluding hydrogens is 384 g/mol. The third-order valence-electron chi connectivity index (χ3n) is 7.75. The van der Waals surface area contributed by atoms with Crippen LogP contribution < -0.4 is 10.2 Å². The molecule has 1 amide bonds. The summed E-state index contributed by atoms with van der Waals surface area (Å²) >= 11 is 0. The summed E-state index contributed by atoms with van der Waals surface area (Å²) in [6.45, 7) is 12.0. The molecule has 0 aromatic carbocycles. The largest absolute Gasteiger partial charge is 0.352 e. The van der Waals surface area contributed by atoms with E-state index in [9.17, 15) is 4.79 Å². The summed E-state index contributed by atoms with van der Waals surface area (Å²) < 4.78 is 0. The zero-order chi connectivity index (χ0) is 22.4. The molecule has 0 spiro atoms. The zero-order valence-corrected chi connectivity index (χ0v) is 20.5. The minimum Gasteiger partial charge on any atom is -0.352 e. The van der Waals surface area contributed by atoms with Crippen LogP contribution in [-0.2, 0) is 17.6 Å². The van der Waals surface area contributed by atoms with Crippen LogP contribution in [0.5, 0.6) is 0 Å². The second kappa shape index (κ2) is 11.3. The number of amides is 1. The van der Waals surface area contributed by atoms with Crippen molar-refractivity contribution in [2.75, 3.05) is 11.4 Å². The number of aromatic nitrogens is 2. The highest BCUT2D eigenvalue weighted by Crippen LogP contribution is 2.32. The lowest BCUT2D eigenvalue weighted by atomic mass is 9.81. The van der Waals surface area contributed by atoms with Crippen molar-refractivity contribution in [2.45, 2.75) is 111 Å². The predicted molar refractivity (Wildman–Crippen MR) is 128 cm³/mol. The van der Waals surface area contributed by atoms with Crippen LogP contribution in [0.1, 0.15) is 97.5 Å². The van der Waals surface area contributed by atoms with E-state index in [1.807, 2.05) is 0 Å². The number of hydrogen-bond acceptors (Lipinski definition) is 4. The van der Waals surface area contributed by atoms with Crippen molar-refractivity contribution in [3.8, 4) is 0 Å². The van der Waals surface area contributed by atoms with Gasteiger partial charge in [-0.15, -0.1) is 0 Å². The number of aryl methyl sites for hydroxylation is 2. The van der Waals surface area contributed by atoms with Gasteiger partial charge in [0.1, 0.15) is 11.6 Å². The molecule has 0 bridgehead atoms. The number of hydrogen-bond donors (Lipinski definition) is 1. The van der Waals surface area contributed by atoms with E-state index in [0.717, 1.165) is 61.9 Å². The lowest BCUT2D eigenvalue weighted by molar-refractivity contribution is -0.127. The summed E-state index contributed by atoms with van der Waals surface area (Å²) in [6, 6.07) is 2.53. The Morgan fingerprint density at radius 2 is 1.84 bits per heavy atom. The van der Waals surface area contributed by atoms with Gasteiger partial charge in [-0.25, -0.2) is 9.97 Å². The molecule has 2 fully saturated rings. The van der Waals surface area contributed by atoms with Gasteiger partial charge in [-0.05, 0) is 44.4 Å². The minimum atomic E-state index is 0.148. The van der Waals surface area contributed by atoms with E-state index < -0.39 is 0 Å². The standard InChI is InChI=1S/C26H44N4O/c1-6-21(16-20-12-10-9-11-13-20)26(31)29-25-18(4)14-15-30(19(25)5)24-17-22(7-2)27-23(8-3)28-24/h17-21,25H,6-16H2,1-5H3,(H,29,31). The number of nitrogens with zero attached hydrogens (tertiary/aromatic N) is 3. The van der Waals surface area contributed by atoms with Crippen molar-refractivity contribution < 1.29 is 4.79 Å². The second-order valence-corrected chi connectivity index (χ2v) is 9.92. The van der Waals surface area contributed by atoms with E-state index >= 15 is 0 Å². The van der Waals surface area contributed by atoms with E-state index in [1.54, 1.807) is 0 Å². The first kappa shape index (κ1) is 24.0. The summed E-state index contributed by atoms with van der Waals surface area (Å²) in [4.78, 5) is 25.2. The van der Waals surface area contributed by atoms with E-state index in [0.29, 0.717) is 5.92 Å². The van der Waals surface area contributed by atoms with Crippen molar-refractivity contribution in [1.82, 2.24) is 15.3 Å². The Bertz CT molecular complexity index is 693. The lowest BCUT2D eigenvalue weighted by Crippen LogP contribution is -2.58. The minimum absolute atomic E-state index is 0.148. The molecule has 1 aromatic rings. The first-order chi connectivity index (χ1) is 15.0. The van der Waals surface area contributed by atoms with Crippen LogP contribution in [0.25, 0.3) is 0 Å². The van der Waals surface area contributed by atoms with E-state index in [1.165, 1.54) is 32.1 Å². The molecule has 0 radical (unpaired) electrons. The van der Waals surface area contributed by atoms with Gasteiger partial charge in [-0.2, -0.15) is 0 Å². The monoisotopic (exact) mass is 428 g/mol. The smallest absolute Gasteiger partial charge is 0.223 e. The van der Waals surface area contributed by atoms with Gasteiger partial charge in [-0.3, -0.25) is 4.79 Å². The van der Waals surface area contributed by atoms with Gasteiger partial charge in [0.2, 0.25) is 5.91 Å². The predicted octanol–water partition coefficient (Wildman–Crippen LogP) is 5.32. The third-order valence-corrected chi connectivity index (χ3v) is 7.75. The van der Waals surface area contributed by atoms with E-state index in [-0.39, 0.29) is 23.9 Å². The Balaban J connectivity index is 1.70. The SMILES string of the molecule is CCc1cc(N2CCC(C)C(NC(=O)C(CC)CC3CCCCC3)C2C)nc(CC)n1. The first-order valence-electron chi connectivity index (χ1n) is 12.9. The highest BCUT2D eigenvalue weighted by molar-refractivity contribution is 5.79. The first-order valence-corrected chi connectivity index (χ1v) is 12.9. The normalized spacial score (nSPS) is 26.0. The number of carbonyl (C=O) groups is 1. The Morgan fingerprint density at radius 3 is 2.48 bits per heavy atom. The highest BCUT2D eigenvalue weighted by Gasteiger charge is 2.36. The quantitative estimate of drug-likeness (QED) is 0.609. The van der Waals surface area contributed by atoms with Gasteiger partial charge < -0.3 is 10.2 Å². The average molecular weight is 429 g/mol. The van der Waals surface area contributed by atoms with Gasteiger partial charge >= 0.3 is 0 Å². The van der Waals surface area contributed by atoms with Crippen molar-refractivity contribution in [2.24, 2.45) is 17.8 Å². The fourth-order valence-corrected chi connectivity index (χ4v) is 5.57. The van der Waals surface area contributed by atoms with Crippen molar-refractivity contribution in [3.05, 3.63) is 17.6 Å². The molecule has 174 valence electrons.